The second kappa shape index (κ2) is 5.92. The Morgan fingerprint density at radius 3 is 2.74 bits per heavy atom. The Bertz CT molecular complexity index is 585. The monoisotopic (exact) mass is 324 g/mol. The maximum absolute atomic E-state index is 11.3. The standard InChI is InChI=1S/C12H13BrN4O2/c1-17-15-11(14-16-17)7-9(12(18)19)6-8-4-2-3-5-10(8)13/h2-5,9H,6-7H2,1H3,(H,18,19). The van der Waals surface area contributed by atoms with E-state index in [1.54, 1.807) is 7.05 Å². The molecule has 6 nitrogen and oxygen atoms in total. The van der Waals surface area contributed by atoms with Gasteiger partial charge >= 0.3 is 5.97 Å². The molecule has 2 aromatic rings. The third kappa shape index (κ3) is 3.60. The first kappa shape index (κ1) is 13.7. The van der Waals surface area contributed by atoms with Crippen LogP contribution >= 0.6 is 15.9 Å². The van der Waals surface area contributed by atoms with E-state index in [0.29, 0.717) is 12.2 Å². The van der Waals surface area contributed by atoms with Crippen molar-refractivity contribution in [1.29, 1.82) is 0 Å². The molecule has 0 spiro atoms. The van der Waals surface area contributed by atoms with Gasteiger partial charge in [0.25, 0.3) is 0 Å². The number of aryl methyl sites for hydroxylation is 1. The van der Waals surface area contributed by atoms with Crippen LogP contribution in [0.4, 0.5) is 0 Å². The van der Waals surface area contributed by atoms with Gasteiger partial charge in [-0.1, -0.05) is 34.1 Å². The zero-order chi connectivity index (χ0) is 13.8. The zero-order valence-electron chi connectivity index (χ0n) is 10.3. The number of aliphatic carboxylic acids is 1. The molecule has 0 radical (unpaired) electrons. The first-order chi connectivity index (χ1) is 9.06. The number of nitrogens with zero attached hydrogens (tertiary/aromatic N) is 4. The number of carboxylic acid groups (broad SMARTS) is 1. The van der Waals surface area contributed by atoms with Gasteiger partial charge in [0, 0.05) is 10.9 Å². The van der Waals surface area contributed by atoms with Gasteiger partial charge in [0.1, 0.15) is 0 Å². The molecule has 1 atom stereocenters. The molecular formula is C12H13BrN4O2. The van der Waals surface area contributed by atoms with E-state index in [2.05, 4.69) is 31.3 Å². The Morgan fingerprint density at radius 2 is 2.16 bits per heavy atom. The molecule has 1 aromatic heterocycles. The predicted octanol–water partition coefficient (Wildman–Crippen LogP) is 1.46. The second-order valence-corrected chi connectivity index (χ2v) is 5.08. The topological polar surface area (TPSA) is 80.9 Å². The predicted molar refractivity (Wildman–Crippen MR) is 71.5 cm³/mol. The molecule has 0 aliphatic rings. The molecule has 0 fully saturated rings. The molecule has 0 aliphatic heterocycles. The number of halogens is 1. The van der Waals surface area contributed by atoms with Crippen LogP contribution < -0.4 is 0 Å². The molecule has 2 rings (SSSR count). The van der Waals surface area contributed by atoms with Gasteiger partial charge in [-0.05, 0) is 23.3 Å². The number of benzene rings is 1. The van der Waals surface area contributed by atoms with Crippen molar-refractivity contribution >= 4 is 21.9 Å². The van der Waals surface area contributed by atoms with Crippen LogP contribution in [0.25, 0.3) is 0 Å². The van der Waals surface area contributed by atoms with Crippen LogP contribution in [-0.4, -0.2) is 31.3 Å². The number of hydrogen-bond donors (Lipinski definition) is 1. The largest absolute Gasteiger partial charge is 0.481 e. The zero-order valence-corrected chi connectivity index (χ0v) is 11.9. The lowest BCUT2D eigenvalue weighted by atomic mass is 9.96. The highest BCUT2D eigenvalue weighted by Crippen LogP contribution is 2.21. The van der Waals surface area contributed by atoms with E-state index in [1.165, 1.54) is 4.80 Å². The summed E-state index contributed by atoms with van der Waals surface area (Å²) in [5.74, 6) is -0.979. The van der Waals surface area contributed by atoms with E-state index in [-0.39, 0.29) is 6.42 Å². The molecule has 100 valence electrons. The van der Waals surface area contributed by atoms with Crippen molar-refractivity contribution in [2.75, 3.05) is 0 Å². The number of carbonyl (C=O) groups is 1. The van der Waals surface area contributed by atoms with Crippen LogP contribution in [0.2, 0.25) is 0 Å². The van der Waals surface area contributed by atoms with Crippen LogP contribution in [0.1, 0.15) is 11.4 Å². The molecule has 0 saturated heterocycles. The molecule has 7 heteroatoms. The summed E-state index contributed by atoms with van der Waals surface area (Å²) in [6.07, 6.45) is 0.694. The first-order valence-electron chi connectivity index (χ1n) is 5.75. The van der Waals surface area contributed by atoms with E-state index in [9.17, 15) is 9.90 Å². The van der Waals surface area contributed by atoms with E-state index in [1.807, 2.05) is 24.3 Å². The van der Waals surface area contributed by atoms with E-state index in [4.69, 9.17) is 0 Å². The van der Waals surface area contributed by atoms with Crippen LogP contribution in [0.5, 0.6) is 0 Å². The molecular weight excluding hydrogens is 312 g/mol. The van der Waals surface area contributed by atoms with E-state index >= 15 is 0 Å². The quantitative estimate of drug-likeness (QED) is 0.900. The Kier molecular flexibility index (Phi) is 4.26. The minimum atomic E-state index is -0.858. The van der Waals surface area contributed by atoms with Crippen LogP contribution in [0.3, 0.4) is 0 Å². The van der Waals surface area contributed by atoms with Crippen molar-refractivity contribution in [3.8, 4) is 0 Å². The average Bonchev–Trinajstić information content (AvgIpc) is 2.76. The average molecular weight is 325 g/mol. The SMILES string of the molecule is Cn1nnc(CC(Cc2ccccc2Br)C(=O)O)n1. The fourth-order valence-corrected chi connectivity index (χ4v) is 2.25. The molecule has 0 saturated carbocycles. The number of carboxylic acids is 1. The van der Waals surface area contributed by atoms with Gasteiger partial charge in [-0.3, -0.25) is 4.79 Å². The Hall–Kier alpha value is -1.76. The lowest BCUT2D eigenvalue weighted by Crippen LogP contribution is -2.20. The van der Waals surface area contributed by atoms with E-state index in [0.717, 1.165) is 10.0 Å². The molecule has 0 aliphatic carbocycles. The van der Waals surface area contributed by atoms with Crippen LogP contribution in [0.15, 0.2) is 28.7 Å². The maximum atomic E-state index is 11.3. The molecule has 0 amide bonds. The maximum Gasteiger partial charge on any atom is 0.307 e. The van der Waals surface area contributed by atoms with E-state index < -0.39 is 11.9 Å². The van der Waals surface area contributed by atoms with Crippen LogP contribution in [-0.2, 0) is 24.7 Å². The number of rotatable bonds is 5. The molecule has 1 aromatic carbocycles. The summed E-state index contributed by atoms with van der Waals surface area (Å²) in [4.78, 5) is 12.7. The third-order valence-corrected chi connectivity index (χ3v) is 3.53. The normalized spacial score (nSPS) is 12.3. The van der Waals surface area contributed by atoms with Crippen molar-refractivity contribution in [1.82, 2.24) is 20.2 Å². The molecule has 0 bridgehead atoms. The summed E-state index contributed by atoms with van der Waals surface area (Å²) in [6.45, 7) is 0. The van der Waals surface area contributed by atoms with Crippen LogP contribution in [0, 0.1) is 5.92 Å². The van der Waals surface area contributed by atoms with Gasteiger partial charge in [0.2, 0.25) is 0 Å². The van der Waals surface area contributed by atoms with Gasteiger partial charge in [-0.25, -0.2) is 0 Å². The highest BCUT2D eigenvalue weighted by molar-refractivity contribution is 9.10. The van der Waals surface area contributed by atoms with Gasteiger partial charge in [0.15, 0.2) is 5.82 Å². The summed E-state index contributed by atoms with van der Waals surface area (Å²) in [7, 11) is 1.65. The summed E-state index contributed by atoms with van der Waals surface area (Å²) in [5.41, 5.74) is 0.957. The van der Waals surface area contributed by atoms with Crippen molar-refractivity contribution in [3.63, 3.8) is 0 Å². The first-order valence-corrected chi connectivity index (χ1v) is 6.54. The Balaban J connectivity index is 2.13. The highest BCUT2D eigenvalue weighted by Gasteiger charge is 2.21. The smallest absolute Gasteiger partial charge is 0.307 e. The minimum absolute atomic E-state index is 0.268. The summed E-state index contributed by atoms with van der Waals surface area (Å²) in [6, 6.07) is 7.59. The fraction of sp³-hybridized carbons (Fsp3) is 0.333. The Morgan fingerprint density at radius 1 is 1.42 bits per heavy atom. The lowest BCUT2D eigenvalue weighted by molar-refractivity contribution is -0.141. The molecule has 19 heavy (non-hydrogen) atoms. The summed E-state index contributed by atoms with van der Waals surface area (Å²) >= 11 is 3.42. The van der Waals surface area contributed by atoms with Crippen molar-refractivity contribution in [2.24, 2.45) is 13.0 Å². The van der Waals surface area contributed by atoms with Gasteiger partial charge in [-0.2, -0.15) is 4.80 Å². The van der Waals surface area contributed by atoms with Crippen molar-refractivity contribution in [2.45, 2.75) is 12.8 Å². The third-order valence-electron chi connectivity index (χ3n) is 2.75. The highest BCUT2D eigenvalue weighted by atomic mass is 79.9. The minimum Gasteiger partial charge on any atom is -0.481 e. The molecule has 1 heterocycles. The summed E-state index contributed by atoms with van der Waals surface area (Å²) in [5, 5.41) is 20.8. The second-order valence-electron chi connectivity index (χ2n) is 4.23. The summed E-state index contributed by atoms with van der Waals surface area (Å²) < 4.78 is 0.911. The molecule has 1 N–H and O–H groups in total. The van der Waals surface area contributed by atoms with Gasteiger partial charge < -0.3 is 5.11 Å². The van der Waals surface area contributed by atoms with Crippen molar-refractivity contribution in [3.05, 3.63) is 40.1 Å². The Labute approximate surface area is 118 Å². The fourth-order valence-electron chi connectivity index (χ4n) is 1.80. The lowest BCUT2D eigenvalue weighted by Gasteiger charge is -2.11. The number of hydrogen-bond acceptors (Lipinski definition) is 4. The molecule has 1 unspecified atom stereocenters. The number of tetrazole rings is 1. The van der Waals surface area contributed by atoms with Crippen molar-refractivity contribution < 1.29 is 9.90 Å². The number of aromatic nitrogens is 4. The van der Waals surface area contributed by atoms with Gasteiger partial charge in [-0.15, -0.1) is 10.2 Å². The van der Waals surface area contributed by atoms with Gasteiger partial charge in [0.05, 0.1) is 13.0 Å².